The van der Waals surface area contributed by atoms with Crippen molar-refractivity contribution in [1.82, 2.24) is 5.32 Å². The molecular weight excluding hydrogens is 284 g/mol. The van der Waals surface area contributed by atoms with Gasteiger partial charge in [-0.15, -0.1) is 0 Å². The number of methoxy groups -OCH3 is 1. The van der Waals surface area contributed by atoms with Crippen LogP contribution in [0, 0.1) is 5.92 Å². The first kappa shape index (κ1) is 16.5. The van der Waals surface area contributed by atoms with Crippen LogP contribution in [0.15, 0.2) is 23.2 Å². The molecule has 126 valence electrons. The Morgan fingerprint density at radius 2 is 2.04 bits per heavy atom. The number of hydrogen-bond donors (Lipinski definition) is 1. The molecule has 1 fully saturated rings. The minimum absolute atomic E-state index is 0.234. The van der Waals surface area contributed by atoms with E-state index in [1.165, 1.54) is 61.8 Å². The summed E-state index contributed by atoms with van der Waals surface area (Å²) in [5.41, 5.74) is 4.11. The number of ether oxygens (including phenoxy) is 1. The predicted octanol–water partition coefficient (Wildman–Crippen LogP) is 4.34. The highest BCUT2D eigenvalue weighted by atomic mass is 16.5. The van der Waals surface area contributed by atoms with Gasteiger partial charge in [0.25, 0.3) is 0 Å². The van der Waals surface area contributed by atoms with Gasteiger partial charge >= 0.3 is 0 Å². The molecule has 1 heterocycles. The van der Waals surface area contributed by atoms with Crippen LogP contribution in [-0.2, 0) is 6.42 Å². The van der Waals surface area contributed by atoms with Crippen molar-refractivity contribution in [2.24, 2.45) is 10.9 Å². The van der Waals surface area contributed by atoms with Crippen molar-refractivity contribution in [2.75, 3.05) is 13.7 Å². The molecule has 2 aliphatic rings. The van der Waals surface area contributed by atoms with Crippen LogP contribution in [0.25, 0.3) is 0 Å². The molecule has 1 atom stereocenters. The standard InChI is InChI=1S/C20H30N2O/c1-3-4-12-21-19-14-16-13-17(23-2)10-11-18(16)20(22-19)15-8-6-5-7-9-15/h10-11,13,15,19,21H,3-9,12,14H2,1-2H3/t19-/m1/s1. The van der Waals surface area contributed by atoms with E-state index in [2.05, 4.69) is 30.4 Å². The molecule has 3 nitrogen and oxygen atoms in total. The summed E-state index contributed by atoms with van der Waals surface area (Å²) in [6.45, 7) is 3.29. The van der Waals surface area contributed by atoms with Gasteiger partial charge in [0.05, 0.1) is 7.11 Å². The molecule has 0 spiro atoms. The summed E-state index contributed by atoms with van der Waals surface area (Å²) >= 11 is 0. The van der Waals surface area contributed by atoms with Crippen molar-refractivity contribution in [3.05, 3.63) is 29.3 Å². The summed E-state index contributed by atoms with van der Waals surface area (Å²) in [5.74, 6) is 1.60. The number of fused-ring (bicyclic) bond motifs is 1. The fourth-order valence-corrected chi connectivity index (χ4v) is 3.87. The Bertz CT molecular complexity index is 547. The van der Waals surface area contributed by atoms with Gasteiger partial charge in [0.15, 0.2) is 0 Å². The van der Waals surface area contributed by atoms with E-state index in [1.807, 2.05) is 0 Å². The largest absolute Gasteiger partial charge is 0.497 e. The number of rotatable bonds is 6. The molecular formula is C20H30N2O. The van der Waals surface area contributed by atoms with Crippen LogP contribution in [0.3, 0.4) is 0 Å². The van der Waals surface area contributed by atoms with E-state index in [1.54, 1.807) is 7.11 Å². The third-order valence-electron chi connectivity index (χ3n) is 5.20. The second kappa shape index (κ2) is 7.96. The van der Waals surface area contributed by atoms with Gasteiger partial charge in [-0.05, 0) is 55.1 Å². The van der Waals surface area contributed by atoms with E-state index in [4.69, 9.17) is 9.73 Å². The molecule has 23 heavy (non-hydrogen) atoms. The summed E-state index contributed by atoms with van der Waals surface area (Å²) < 4.78 is 5.43. The highest BCUT2D eigenvalue weighted by Gasteiger charge is 2.27. The molecule has 0 aromatic heterocycles. The number of aliphatic imine (C=N–C) groups is 1. The van der Waals surface area contributed by atoms with Gasteiger partial charge in [-0.25, -0.2) is 0 Å². The van der Waals surface area contributed by atoms with Crippen LogP contribution in [0.2, 0.25) is 0 Å². The van der Waals surface area contributed by atoms with E-state index in [9.17, 15) is 0 Å². The fourth-order valence-electron chi connectivity index (χ4n) is 3.87. The molecule has 1 saturated carbocycles. The second-order valence-electron chi connectivity index (χ2n) is 6.90. The van der Waals surface area contributed by atoms with E-state index >= 15 is 0 Å². The zero-order chi connectivity index (χ0) is 16.1. The van der Waals surface area contributed by atoms with E-state index < -0.39 is 0 Å². The van der Waals surface area contributed by atoms with Gasteiger partial charge in [0.2, 0.25) is 0 Å². The Kier molecular flexibility index (Phi) is 5.71. The Morgan fingerprint density at radius 3 is 2.78 bits per heavy atom. The zero-order valence-corrected chi connectivity index (χ0v) is 14.6. The Balaban J connectivity index is 1.85. The van der Waals surface area contributed by atoms with E-state index in [-0.39, 0.29) is 6.17 Å². The van der Waals surface area contributed by atoms with Gasteiger partial charge in [0, 0.05) is 18.1 Å². The zero-order valence-electron chi connectivity index (χ0n) is 14.6. The van der Waals surface area contributed by atoms with Crippen molar-refractivity contribution >= 4 is 5.71 Å². The summed E-state index contributed by atoms with van der Waals surface area (Å²) in [6, 6.07) is 6.52. The van der Waals surface area contributed by atoms with Crippen LogP contribution in [0.4, 0.5) is 0 Å². The normalized spacial score (nSPS) is 21.7. The predicted molar refractivity (Wildman–Crippen MR) is 96.5 cm³/mol. The van der Waals surface area contributed by atoms with E-state index in [0.29, 0.717) is 5.92 Å². The van der Waals surface area contributed by atoms with Crippen molar-refractivity contribution in [2.45, 2.75) is 64.5 Å². The molecule has 0 unspecified atom stereocenters. The molecule has 1 aromatic rings. The molecule has 1 aromatic carbocycles. The SMILES string of the molecule is CCCCN[C@H]1Cc2cc(OC)ccc2C(C2CCCCC2)=N1. The first-order valence-corrected chi connectivity index (χ1v) is 9.30. The van der Waals surface area contributed by atoms with Crippen LogP contribution in [0.5, 0.6) is 5.75 Å². The van der Waals surface area contributed by atoms with Crippen LogP contribution in [-0.4, -0.2) is 25.5 Å². The highest BCUT2D eigenvalue weighted by Crippen LogP contribution is 2.32. The lowest BCUT2D eigenvalue weighted by atomic mass is 9.80. The molecule has 0 radical (unpaired) electrons. The van der Waals surface area contributed by atoms with Gasteiger partial charge in [-0.2, -0.15) is 0 Å². The van der Waals surface area contributed by atoms with Gasteiger partial charge in [-0.1, -0.05) is 32.6 Å². The molecule has 3 rings (SSSR count). The van der Waals surface area contributed by atoms with E-state index in [0.717, 1.165) is 18.7 Å². The molecule has 0 saturated heterocycles. The Hall–Kier alpha value is -1.35. The summed E-state index contributed by atoms with van der Waals surface area (Å²) in [7, 11) is 1.75. The minimum atomic E-state index is 0.234. The maximum Gasteiger partial charge on any atom is 0.119 e. The van der Waals surface area contributed by atoms with Gasteiger partial charge in [0.1, 0.15) is 11.9 Å². The van der Waals surface area contributed by atoms with Crippen molar-refractivity contribution in [3.8, 4) is 5.75 Å². The lowest BCUT2D eigenvalue weighted by Crippen LogP contribution is -2.36. The number of nitrogens with zero attached hydrogens (tertiary/aromatic N) is 1. The lowest BCUT2D eigenvalue weighted by molar-refractivity contribution is 0.412. The third kappa shape index (κ3) is 3.95. The molecule has 1 aliphatic carbocycles. The quantitative estimate of drug-likeness (QED) is 0.793. The van der Waals surface area contributed by atoms with Gasteiger partial charge < -0.3 is 4.74 Å². The van der Waals surface area contributed by atoms with Crippen LogP contribution in [0.1, 0.15) is 63.0 Å². The lowest BCUT2D eigenvalue weighted by Gasteiger charge is -2.31. The fraction of sp³-hybridized carbons (Fsp3) is 0.650. The number of unbranched alkanes of at least 4 members (excludes halogenated alkanes) is 1. The summed E-state index contributed by atoms with van der Waals surface area (Å²) in [4.78, 5) is 5.14. The Labute approximate surface area is 140 Å². The molecule has 1 aliphatic heterocycles. The van der Waals surface area contributed by atoms with Crippen molar-refractivity contribution in [3.63, 3.8) is 0 Å². The first-order valence-electron chi connectivity index (χ1n) is 9.30. The average molecular weight is 314 g/mol. The number of benzene rings is 1. The molecule has 3 heteroatoms. The smallest absolute Gasteiger partial charge is 0.119 e. The van der Waals surface area contributed by atoms with Gasteiger partial charge in [-0.3, -0.25) is 10.3 Å². The summed E-state index contributed by atoms with van der Waals surface area (Å²) in [6.07, 6.45) is 10.3. The van der Waals surface area contributed by atoms with Crippen LogP contribution >= 0.6 is 0 Å². The monoisotopic (exact) mass is 314 g/mol. The second-order valence-corrected chi connectivity index (χ2v) is 6.90. The molecule has 1 N–H and O–H groups in total. The molecule has 0 bridgehead atoms. The van der Waals surface area contributed by atoms with Crippen molar-refractivity contribution < 1.29 is 4.74 Å². The minimum Gasteiger partial charge on any atom is -0.497 e. The van der Waals surface area contributed by atoms with Crippen molar-refractivity contribution in [1.29, 1.82) is 0 Å². The maximum atomic E-state index is 5.43. The third-order valence-corrected chi connectivity index (χ3v) is 5.20. The molecule has 0 amide bonds. The number of hydrogen-bond acceptors (Lipinski definition) is 3. The first-order chi connectivity index (χ1) is 11.3. The van der Waals surface area contributed by atoms with Crippen LogP contribution < -0.4 is 10.1 Å². The Morgan fingerprint density at radius 1 is 1.22 bits per heavy atom. The number of nitrogens with one attached hydrogen (secondary N) is 1. The average Bonchev–Trinajstić information content (AvgIpc) is 2.61. The highest BCUT2D eigenvalue weighted by molar-refractivity contribution is 6.04. The maximum absolute atomic E-state index is 5.43. The summed E-state index contributed by atoms with van der Waals surface area (Å²) in [5, 5.41) is 3.64. The topological polar surface area (TPSA) is 33.6 Å².